The summed E-state index contributed by atoms with van der Waals surface area (Å²) in [6, 6.07) is 5.48. The van der Waals surface area contributed by atoms with Gasteiger partial charge in [0.25, 0.3) is 17.5 Å². The number of anilines is 2. The topological polar surface area (TPSA) is 49.9 Å². The van der Waals surface area contributed by atoms with Crippen molar-refractivity contribution in [3.8, 4) is 0 Å². The standard InChI is InChI=1S/C24H28F4N2O3P2/c1-5-16-11-29(19-8-13(2)14(3)9-20(19)30(16)22(32)33-12-34)21(31)17-10-15(24(27,28)35)6-7-18(17)23(4,25)26/h6-10,16H,5,11-12,34-35H2,1-4H3. The van der Waals surface area contributed by atoms with Gasteiger partial charge in [-0.15, -0.1) is 0 Å². The molecule has 0 N–H and O–H groups in total. The van der Waals surface area contributed by atoms with Crippen LogP contribution in [-0.2, 0) is 16.3 Å². The van der Waals surface area contributed by atoms with Gasteiger partial charge in [0, 0.05) is 30.2 Å². The maximum Gasteiger partial charge on any atom is 0.415 e. The maximum atomic E-state index is 14.4. The minimum absolute atomic E-state index is 0.0208. The van der Waals surface area contributed by atoms with E-state index in [4.69, 9.17) is 4.74 Å². The van der Waals surface area contributed by atoms with Crippen LogP contribution in [0, 0.1) is 13.8 Å². The number of halogens is 4. The summed E-state index contributed by atoms with van der Waals surface area (Å²) in [7, 11) is 3.65. The van der Waals surface area contributed by atoms with Crippen molar-refractivity contribution in [2.45, 2.75) is 51.7 Å². The lowest BCUT2D eigenvalue weighted by Gasteiger charge is -2.42. The molecule has 5 nitrogen and oxygen atoms in total. The van der Waals surface area contributed by atoms with E-state index in [1.807, 2.05) is 20.8 Å². The van der Waals surface area contributed by atoms with Crippen LogP contribution < -0.4 is 9.80 Å². The van der Waals surface area contributed by atoms with E-state index in [9.17, 15) is 27.2 Å². The number of nitrogens with zero attached hydrogens (tertiary/aromatic N) is 2. The van der Waals surface area contributed by atoms with Crippen molar-refractivity contribution >= 4 is 41.9 Å². The van der Waals surface area contributed by atoms with E-state index in [0.717, 1.165) is 29.3 Å². The van der Waals surface area contributed by atoms with Crippen molar-refractivity contribution in [2.24, 2.45) is 0 Å². The Bertz CT molecular complexity index is 1150. The second-order valence-corrected chi connectivity index (χ2v) is 9.68. The highest BCUT2D eigenvalue weighted by Gasteiger charge is 2.40. The molecule has 0 saturated carbocycles. The first-order valence-corrected chi connectivity index (χ1v) is 12.4. The van der Waals surface area contributed by atoms with Gasteiger partial charge in [-0.1, -0.05) is 37.5 Å². The molecule has 0 aromatic heterocycles. The molecule has 11 heteroatoms. The Hall–Kier alpha value is -2.24. The predicted octanol–water partition coefficient (Wildman–Crippen LogP) is 6.55. The smallest absolute Gasteiger partial charge is 0.415 e. The van der Waals surface area contributed by atoms with Crippen molar-refractivity contribution in [2.75, 3.05) is 22.7 Å². The van der Waals surface area contributed by atoms with E-state index in [1.165, 1.54) is 19.0 Å². The summed E-state index contributed by atoms with van der Waals surface area (Å²) in [5.74, 6) is -4.29. The van der Waals surface area contributed by atoms with Crippen LogP contribution in [-0.4, -0.2) is 30.9 Å². The zero-order valence-corrected chi connectivity index (χ0v) is 22.2. The Morgan fingerprint density at radius 1 is 1.09 bits per heavy atom. The van der Waals surface area contributed by atoms with Crippen LogP contribution >= 0.6 is 18.5 Å². The molecular weight excluding hydrogens is 502 g/mol. The van der Waals surface area contributed by atoms with Crippen molar-refractivity contribution < 1.29 is 31.9 Å². The number of aryl methyl sites for hydroxylation is 2. The van der Waals surface area contributed by atoms with Crippen molar-refractivity contribution in [1.82, 2.24) is 0 Å². The Morgan fingerprint density at radius 2 is 1.69 bits per heavy atom. The third-order valence-electron chi connectivity index (χ3n) is 6.13. The van der Waals surface area contributed by atoms with E-state index >= 15 is 0 Å². The Balaban J connectivity index is 2.23. The van der Waals surface area contributed by atoms with Gasteiger partial charge in [-0.05, 0) is 49.6 Å². The summed E-state index contributed by atoms with van der Waals surface area (Å²) in [5, 5.41) is 0. The first-order chi connectivity index (χ1) is 16.2. The number of ether oxygens (including phenoxy) is 1. The minimum atomic E-state index is -3.44. The summed E-state index contributed by atoms with van der Waals surface area (Å²) < 4.78 is 62.1. The number of hydrogen-bond acceptors (Lipinski definition) is 3. The zero-order valence-electron chi connectivity index (χ0n) is 19.9. The van der Waals surface area contributed by atoms with Gasteiger partial charge >= 0.3 is 6.09 Å². The molecule has 1 heterocycles. The molecule has 3 atom stereocenters. The van der Waals surface area contributed by atoms with Crippen LogP contribution in [0.1, 0.15) is 52.9 Å². The lowest BCUT2D eigenvalue weighted by molar-refractivity contribution is 0.0162. The second kappa shape index (κ2) is 10.0. The molecule has 2 aromatic carbocycles. The summed E-state index contributed by atoms with van der Waals surface area (Å²) in [6.45, 7) is 6.08. The fourth-order valence-corrected chi connectivity index (χ4v) is 4.45. The van der Waals surface area contributed by atoms with Gasteiger partial charge in [-0.3, -0.25) is 9.69 Å². The van der Waals surface area contributed by atoms with E-state index in [0.29, 0.717) is 24.7 Å². The molecule has 0 bridgehead atoms. The molecule has 2 aromatic rings. The predicted molar refractivity (Wildman–Crippen MR) is 135 cm³/mol. The average molecular weight is 530 g/mol. The molecule has 2 amide bonds. The number of carbonyl (C=O) groups is 2. The number of amides is 2. The molecular formula is C24H28F4N2O3P2. The van der Waals surface area contributed by atoms with Crippen LogP contribution in [0.4, 0.5) is 33.7 Å². The Labute approximate surface area is 206 Å². The first kappa shape index (κ1) is 27.3. The van der Waals surface area contributed by atoms with Crippen molar-refractivity contribution in [3.63, 3.8) is 0 Å². The summed E-state index contributed by atoms with van der Waals surface area (Å²) in [6.07, 6.45) is -0.101. The van der Waals surface area contributed by atoms with Crippen LogP contribution in [0.5, 0.6) is 0 Å². The maximum absolute atomic E-state index is 14.4. The lowest BCUT2D eigenvalue weighted by Crippen LogP contribution is -2.53. The van der Waals surface area contributed by atoms with Crippen LogP contribution in [0.25, 0.3) is 0 Å². The van der Waals surface area contributed by atoms with E-state index in [-0.39, 0.29) is 12.9 Å². The Kier molecular flexibility index (Phi) is 7.83. The van der Waals surface area contributed by atoms with Gasteiger partial charge in [0.2, 0.25) is 0 Å². The third kappa shape index (κ3) is 5.46. The molecule has 3 rings (SSSR count). The Morgan fingerprint density at radius 3 is 2.20 bits per heavy atom. The molecule has 0 radical (unpaired) electrons. The number of fused-ring (bicyclic) bond motifs is 1. The highest BCUT2D eigenvalue weighted by atomic mass is 31.0. The van der Waals surface area contributed by atoms with Gasteiger partial charge < -0.3 is 9.64 Å². The van der Waals surface area contributed by atoms with Gasteiger partial charge in [0.1, 0.15) is 6.35 Å². The first-order valence-electron chi connectivity index (χ1n) is 11.0. The molecule has 0 saturated heterocycles. The molecule has 190 valence electrons. The van der Waals surface area contributed by atoms with Crippen molar-refractivity contribution in [1.29, 1.82) is 0 Å². The normalized spacial score (nSPS) is 16.2. The fraction of sp³-hybridized carbons (Fsp3) is 0.417. The molecule has 35 heavy (non-hydrogen) atoms. The van der Waals surface area contributed by atoms with Gasteiger partial charge in [-0.25, -0.2) is 13.6 Å². The molecule has 3 unspecified atom stereocenters. The molecule has 0 fully saturated rings. The third-order valence-corrected chi connectivity index (χ3v) is 6.63. The minimum Gasteiger partial charge on any atom is -0.445 e. The largest absolute Gasteiger partial charge is 0.445 e. The summed E-state index contributed by atoms with van der Waals surface area (Å²) in [5.41, 5.74) is -2.79. The number of alkyl halides is 4. The van der Waals surface area contributed by atoms with E-state index in [2.05, 4.69) is 9.24 Å². The van der Waals surface area contributed by atoms with E-state index in [1.54, 1.807) is 12.1 Å². The monoisotopic (exact) mass is 530 g/mol. The number of hydrogen-bond donors (Lipinski definition) is 0. The van der Waals surface area contributed by atoms with E-state index < -0.39 is 46.3 Å². The van der Waals surface area contributed by atoms with Crippen LogP contribution in [0.15, 0.2) is 30.3 Å². The number of carbonyl (C=O) groups excluding carboxylic acids is 2. The van der Waals surface area contributed by atoms with Crippen molar-refractivity contribution in [3.05, 3.63) is 58.1 Å². The quantitative estimate of drug-likeness (QED) is 0.325. The molecule has 1 aliphatic rings. The summed E-state index contributed by atoms with van der Waals surface area (Å²) >= 11 is 0. The average Bonchev–Trinajstić information content (AvgIpc) is 2.77. The van der Waals surface area contributed by atoms with Crippen LogP contribution in [0.2, 0.25) is 0 Å². The molecule has 0 aliphatic carbocycles. The highest BCUT2D eigenvalue weighted by molar-refractivity contribution is 7.17. The molecule has 1 aliphatic heterocycles. The summed E-state index contributed by atoms with van der Waals surface area (Å²) in [4.78, 5) is 29.3. The molecule has 0 spiro atoms. The SMILES string of the molecule is CCC1CN(C(=O)c2cc(C(F)(F)P)ccc2C(C)(F)F)c2cc(C)c(C)cc2N1C(=O)OCP. The zero-order chi connectivity index (χ0) is 26.3. The van der Waals surface area contributed by atoms with Gasteiger partial charge in [0.15, 0.2) is 0 Å². The second-order valence-electron chi connectivity index (χ2n) is 8.62. The van der Waals surface area contributed by atoms with Gasteiger partial charge in [-0.2, -0.15) is 8.78 Å². The lowest BCUT2D eigenvalue weighted by atomic mass is 9.96. The number of rotatable bonds is 5. The highest BCUT2D eigenvalue weighted by Crippen LogP contribution is 2.42. The number of benzene rings is 2. The van der Waals surface area contributed by atoms with Gasteiger partial charge in [0.05, 0.1) is 17.4 Å². The fourth-order valence-electron chi connectivity index (χ4n) is 4.13. The van der Waals surface area contributed by atoms with Crippen LogP contribution in [0.3, 0.4) is 0 Å².